The molecule has 0 saturated carbocycles. The summed E-state index contributed by atoms with van der Waals surface area (Å²) in [6, 6.07) is 3.85. The lowest BCUT2D eigenvalue weighted by Crippen LogP contribution is -2.91. The van der Waals surface area contributed by atoms with E-state index in [1.165, 1.54) is 12.1 Å². The standard InChI is InChI=1S/C15H17NO5/c1-3-11(15(19)20)16-7-10-12(17)5-4-9-8(2)6-13(18)21-14(9)10/h4-6,11,16-17H,3,7H2,1-2H3,(H,19,20). The fourth-order valence-corrected chi connectivity index (χ4v) is 2.32. The number of aromatic hydroxyl groups is 1. The lowest BCUT2D eigenvalue weighted by molar-refractivity contribution is -0.698. The zero-order chi connectivity index (χ0) is 15.6. The quantitative estimate of drug-likeness (QED) is 0.715. The van der Waals surface area contributed by atoms with Crippen molar-refractivity contribution in [3.63, 3.8) is 0 Å². The highest BCUT2D eigenvalue weighted by atomic mass is 16.4. The first-order chi connectivity index (χ1) is 9.93. The Morgan fingerprint density at radius 3 is 2.81 bits per heavy atom. The van der Waals surface area contributed by atoms with Crippen LogP contribution in [0.1, 0.15) is 24.5 Å². The predicted molar refractivity (Wildman–Crippen MR) is 73.6 cm³/mol. The van der Waals surface area contributed by atoms with Crippen LogP contribution in [-0.4, -0.2) is 17.1 Å². The third-order valence-corrected chi connectivity index (χ3v) is 3.55. The number of fused-ring (bicyclic) bond motifs is 1. The molecule has 3 N–H and O–H groups in total. The van der Waals surface area contributed by atoms with Crippen LogP contribution in [0, 0.1) is 6.92 Å². The van der Waals surface area contributed by atoms with Gasteiger partial charge in [-0.15, -0.1) is 0 Å². The molecule has 1 aromatic heterocycles. The molecule has 1 atom stereocenters. The molecule has 6 heteroatoms. The topological polar surface area (TPSA) is 107 Å². The van der Waals surface area contributed by atoms with E-state index in [9.17, 15) is 19.8 Å². The maximum absolute atomic E-state index is 11.5. The molecule has 2 rings (SSSR count). The van der Waals surface area contributed by atoms with Gasteiger partial charge in [-0.05, 0) is 24.6 Å². The normalized spacial score (nSPS) is 12.5. The van der Waals surface area contributed by atoms with Crippen LogP contribution in [0.2, 0.25) is 0 Å². The molecule has 1 heterocycles. The van der Waals surface area contributed by atoms with E-state index in [4.69, 9.17) is 4.42 Å². The van der Waals surface area contributed by atoms with Gasteiger partial charge >= 0.3 is 5.63 Å². The zero-order valence-corrected chi connectivity index (χ0v) is 11.9. The summed E-state index contributed by atoms with van der Waals surface area (Å²) in [7, 11) is 0. The first-order valence-electron chi connectivity index (χ1n) is 6.73. The summed E-state index contributed by atoms with van der Waals surface area (Å²) in [5.74, 6) is -1.18. The third-order valence-electron chi connectivity index (χ3n) is 3.55. The number of nitrogens with two attached hydrogens (primary N) is 1. The fourth-order valence-electron chi connectivity index (χ4n) is 2.32. The molecule has 0 aliphatic heterocycles. The van der Waals surface area contributed by atoms with Crippen molar-refractivity contribution in [2.45, 2.75) is 32.9 Å². The lowest BCUT2D eigenvalue weighted by Gasteiger charge is -2.15. The molecule has 2 aromatic rings. The van der Waals surface area contributed by atoms with Gasteiger partial charge < -0.3 is 24.7 Å². The van der Waals surface area contributed by atoms with E-state index in [0.717, 1.165) is 10.9 Å². The highest BCUT2D eigenvalue weighted by Crippen LogP contribution is 2.27. The van der Waals surface area contributed by atoms with Crippen LogP contribution in [0.5, 0.6) is 5.75 Å². The smallest absolute Gasteiger partial charge is 0.336 e. The Morgan fingerprint density at radius 1 is 1.48 bits per heavy atom. The third kappa shape index (κ3) is 3.05. The average Bonchev–Trinajstić information content (AvgIpc) is 2.40. The Morgan fingerprint density at radius 2 is 2.19 bits per heavy atom. The number of phenolic OH excluding ortho intramolecular Hbond substituents is 1. The molecule has 21 heavy (non-hydrogen) atoms. The van der Waals surface area contributed by atoms with Crippen molar-refractivity contribution < 1.29 is 24.7 Å². The number of carboxylic acid groups (broad SMARTS) is 1. The SMILES string of the molecule is CCC([NH2+]Cc1c(O)ccc2c(C)cc(=O)oc12)C(=O)[O-]. The Labute approximate surface area is 121 Å². The van der Waals surface area contributed by atoms with Crippen molar-refractivity contribution in [2.24, 2.45) is 0 Å². The molecule has 0 spiro atoms. The van der Waals surface area contributed by atoms with Gasteiger partial charge in [-0.25, -0.2) is 4.79 Å². The molecule has 0 fully saturated rings. The Bertz CT molecular complexity index is 735. The monoisotopic (exact) mass is 291 g/mol. The molecular formula is C15H17NO5. The number of aliphatic carboxylic acids is 1. The van der Waals surface area contributed by atoms with Gasteiger partial charge in [-0.3, -0.25) is 0 Å². The summed E-state index contributed by atoms with van der Waals surface area (Å²) in [6.45, 7) is 3.70. The molecule has 6 nitrogen and oxygen atoms in total. The van der Waals surface area contributed by atoms with Gasteiger partial charge in [0.25, 0.3) is 0 Å². The molecule has 0 bridgehead atoms. The lowest BCUT2D eigenvalue weighted by atomic mass is 10.1. The van der Waals surface area contributed by atoms with E-state index >= 15 is 0 Å². The van der Waals surface area contributed by atoms with Crippen LogP contribution in [0.3, 0.4) is 0 Å². The van der Waals surface area contributed by atoms with Crippen LogP contribution < -0.4 is 16.0 Å². The van der Waals surface area contributed by atoms with Gasteiger partial charge in [0.15, 0.2) is 5.58 Å². The minimum Gasteiger partial charge on any atom is -0.544 e. The van der Waals surface area contributed by atoms with Crippen molar-refractivity contribution in [3.05, 3.63) is 39.7 Å². The number of quaternary nitrogens is 1. The summed E-state index contributed by atoms with van der Waals surface area (Å²) in [5.41, 5.74) is 0.950. The van der Waals surface area contributed by atoms with E-state index in [1.54, 1.807) is 25.2 Å². The average molecular weight is 291 g/mol. The maximum Gasteiger partial charge on any atom is 0.336 e. The molecule has 0 aliphatic carbocycles. The number of carbonyl (C=O) groups excluding carboxylic acids is 1. The second kappa shape index (κ2) is 5.97. The maximum atomic E-state index is 11.5. The highest BCUT2D eigenvalue weighted by Gasteiger charge is 2.17. The number of phenols is 1. The van der Waals surface area contributed by atoms with Crippen LogP contribution >= 0.6 is 0 Å². The van der Waals surface area contributed by atoms with Crippen molar-refractivity contribution in [3.8, 4) is 5.75 Å². The Kier molecular flexibility index (Phi) is 4.28. The van der Waals surface area contributed by atoms with Crippen molar-refractivity contribution in [2.75, 3.05) is 0 Å². The van der Waals surface area contributed by atoms with E-state index in [0.29, 0.717) is 17.6 Å². The van der Waals surface area contributed by atoms with Crippen molar-refractivity contribution in [1.29, 1.82) is 0 Å². The number of carbonyl (C=O) groups is 1. The summed E-state index contributed by atoms with van der Waals surface area (Å²) in [6.07, 6.45) is 0.400. The number of hydrogen-bond donors (Lipinski definition) is 2. The van der Waals surface area contributed by atoms with Gasteiger partial charge in [0.1, 0.15) is 18.3 Å². The second-order valence-electron chi connectivity index (χ2n) is 4.96. The second-order valence-corrected chi connectivity index (χ2v) is 4.96. The molecule has 1 unspecified atom stereocenters. The Balaban J connectivity index is 2.45. The Hall–Kier alpha value is -2.34. The van der Waals surface area contributed by atoms with Crippen LogP contribution in [0.25, 0.3) is 11.0 Å². The van der Waals surface area contributed by atoms with Gasteiger partial charge in [-0.1, -0.05) is 6.92 Å². The van der Waals surface area contributed by atoms with E-state index < -0.39 is 17.6 Å². The molecule has 1 aromatic carbocycles. The number of carboxylic acids is 1. The number of rotatable bonds is 5. The highest BCUT2D eigenvalue weighted by molar-refractivity contribution is 5.84. The molecular weight excluding hydrogens is 274 g/mol. The molecule has 112 valence electrons. The van der Waals surface area contributed by atoms with Crippen molar-refractivity contribution >= 4 is 16.9 Å². The first kappa shape index (κ1) is 15.1. The van der Waals surface area contributed by atoms with E-state index in [-0.39, 0.29) is 12.3 Å². The summed E-state index contributed by atoms with van der Waals surface area (Å²) in [4.78, 5) is 22.4. The number of aryl methyl sites for hydroxylation is 1. The molecule has 0 amide bonds. The molecule has 0 aliphatic rings. The molecule has 0 saturated heterocycles. The summed E-state index contributed by atoms with van der Waals surface area (Å²) in [5, 5.41) is 23.2. The minimum absolute atomic E-state index is 0.0271. The predicted octanol–water partition coefficient (Wildman–Crippen LogP) is -0.601. The van der Waals surface area contributed by atoms with E-state index in [1.807, 2.05) is 0 Å². The summed E-state index contributed by atoms with van der Waals surface area (Å²) < 4.78 is 5.18. The van der Waals surface area contributed by atoms with Gasteiger partial charge in [0.2, 0.25) is 0 Å². The fraction of sp³-hybridized carbons (Fsp3) is 0.333. The van der Waals surface area contributed by atoms with Gasteiger partial charge in [0.05, 0.1) is 11.5 Å². The minimum atomic E-state index is -1.16. The first-order valence-corrected chi connectivity index (χ1v) is 6.73. The van der Waals surface area contributed by atoms with Crippen LogP contribution in [0.4, 0.5) is 0 Å². The van der Waals surface area contributed by atoms with Crippen LogP contribution in [-0.2, 0) is 11.3 Å². The van der Waals surface area contributed by atoms with Gasteiger partial charge in [-0.2, -0.15) is 0 Å². The van der Waals surface area contributed by atoms with E-state index in [2.05, 4.69) is 0 Å². The number of hydrogen-bond acceptors (Lipinski definition) is 5. The largest absolute Gasteiger partial charge is 0.544 e. The summed E-state index contributed by atoms with van der Waals surface area (Å²) >= 11 is 0. The number of benzene rings is 1. The van der Waals surface area contributed by atoms with Crippen molar-refractivity contribution in [1.82, 2.24) is 0 Å². The molecule has 0 radical (unpaired) electrons. The van der Waals surface area contributed by atoms with Crippen LogP contribution in [0.15, 0.2) is 27.4 Å². The van der Waals surface area contributed by atoms with Gasteiger partial charge in [0, 0.05) is 17.9 Å². The zero-order valence-electron chi connectivity index (χ0n) is 11.9.